The number of hydrogen-bond donors (Lipinski definition) is 1. The lowest BCUT2D eigenvalue weighted by molar-refractivity contribution is -0.128. The molecule has 82 valence electrons. The van der Waals surface area contributed by atoms with E-state index in [4.69, 9.17) is 0 Å². The molecule has 0 aromatic carbocycles. The lowest BCUT2D eigenvalue weighted by atomic mass is 10.3. The van der Waals surface area contributed by atoms with E-state index in [1.807, 2.05) is 0 Å². The summed E-state index contributed by atoms with van der Waals surface area (Å²) in [6, 6.07) is 2.84. The molecule has 0 saturated heterocycles. The van der Waals surface area contributed by atoms with Crippen LogP contribution >= 0.6 is 0 Å². The molecule has 5 heteroatoms. The van der Waals surface area contributed by atoms with Gasteiger partial charge in [0.25, 0.3) is 0 Å². The minimum absolute atomic E-state index is 0.00107. The van der Waals surface area contributed by atoms with Gasteiger partial charge in [-0.3, -0.25) is 4.79 Å². The molecule has 0 bridgehead atoms. The maximum atomic E-state index is 13.1. The van der Waals surface area contributed by atoms with Crippen molar-refractivity contribution in [3.63, 3.8) is 0 Å². The molecule has 0 saturated carbocycles. The first-order valence-electron chi connectivity index (χ1n) is 4.66. The van der Waals surface area contributed by atoms with Crippen LogP contribution in [-0.4, -0.2) is 36.4 Å². The van der Waals surface area contributed by atoms with Gasteiger partial charge in [0.1, 0.15) is 0 Å². The number of amides is 1. The fraction of sp³-hybridized carbons (Fsp3) is 0.400. The van der Waals surface area contributed by atoms with E-state index < -0.39 is 5.82 Å². The van der Waals surface area contributed by atoms with Gasteiger partial charge >= 0.3 is 0 Å². The normalized spacial score (nSPS) is 9.80. The van der Waals surface area contributed by atoms with Gasteiger partial charge in [0.2, 0.25) is 5.91 Å². The molecule has 0 radical (unpaired) electrons. The largest absolute Gasteiger partial charge is 0.367 e. The van der Waals surface area contributed by atoms with Gasteiger partial charge in [-0.1, -0.05) is 0 Å². The van der Waals surface area contributed by atoms with Gasteiger partial charge in [-0.2, -0.15) is 0 Å². The van der Waals surface area contributed by atoms with Crippen molar-refractivity contribution in [2.24, 2.45) is 0 Å². The van der Waals surface area contributed by atoms with Gasteiger partial charge in [0.05, 0.1) is 0 Å². The number of nitrogens with one attached hydrogen (secondary N) is 1. The number of nitrogens with zero attached hydrogens (tertiary/aromatic N) is 2. The highest BCUT2D eigenvalue weighted by molar-refractivity contribution is 5.76. The molecule has 0 aliphatic carbocycles. The zero-order valence-corrected chi connectivity index (χ0v) is 8.83. The molecule has 1 N–H and O–H groups in total. The fourth-order valence-electron chi connectivity index (χ4n) is 1.03. The van der Waals surface area contributed by atoms with Crippen LogP contribution in [0.3, 0.4) is 0 Å². The Morgan fingerprint density at radius 3 is 2.93 bits per heavy atom. The second kappa shape index (κ2) is 5.29. The Labute approximate surface area is 88.1 Å². The number of carbonyl (C=O) groups excluding carboxylic acids is 1. The van der Waals surface area contributed by atoms with Crippen molar-refractivity contribution < 1.29 is 9.18 Å². The maximum Gasteiger partial charge on any atom is 0.223 e. The summed E-state index contributed by atoms with van der Waals surface area (Å²) < 4.78 is 13.1. The van der Waals surface area contributed by atoms with Crippen molar-refractivity contribution in [2.75, 3.05) is 26.0 Å². The number of pyridine rings is 1. The topological polar surface area (TPSA) is 45.2 Å². The number of carbonyl (C=O) groups is 1. The Hall–Kier alpha value is -1.65. The summed E-state index contributed by atoms with van der Waals surface area (Å²) in [7, 11) is 3.37. The van der Waals surface area contributed by atoms with Gasteiger partial charge in [-0.15, -0.1) is 0 Å². The summed E-state index contributed by atoms with van der Waals surface area (Å²) in [5.74, 6) is -0.224. The third kappa shape index (κ3) is 3.53. The van der Waals surface area contributed by atoms with Gasteiger partial charge in [-0.25, -0.2) is 9.37 Å². The lowest BCUT2D eigenvalue weighted by Gasteiger charge is -2.10. The van der Waals surface area contributed by atoms with Crippen LogP contribution < -0.4 is 5.32 Å². The van der Waals surface area contributed by atoms with E-state index in [1.54, 1.807) is 14.1 Å². The average molecular weight is 211 g/mol. The van der Waals surface area contributed by atoms with Crippen LogP contribution in [0.1, 0.15) is 6.42 Å². The second-order valence-corrected chi connectivity index (χ2v) is 3.30. The highest BCUT2D eigenvalue weighted by atomic mass is 19.1. The Morgan fingerprint density at radius 1 is 1.60 bits per heavy atom. The van der Waals surface area contributed by atoms with E-state index in [1.165, 1.54) is 23.2 Å². The third-order valence-electron chi connectivity index (χ3n) is 1.89. The van der Waals surface area contributed by atoms with Gasteiger partial charge in [0, 0.05) is 33.3 Å². The number of halogens is 1. The van der Waals surface area contributed by atoms with Crippen molar-refractivity contribution in [2.45, 2.75) is 6.42 Å². The monoisotopic (exact) mass is 211 g/mol. The number of anilines is 1. The summed E-state index contributed by atoms with van der Waals surface area (Å²) >= 11 is 0. The van der Waals surface area contributed by atoms with E-state index in [-0.39, 0.29) is 11.7 Å². The van der Waals surface area contributed by atoms with Crippen molar-refractivity contribution in [1.82, 2.24) is 9.88 Å². The standard InChI is InChI=1S/C10H14FN3O/c1-14(2)9(15)5-7-13-10-8(11)4-3-6-12-10/h3-4,6H,5,7H2,1-2H3,(H,12,13). The molecular weight excluding hydrogens is 197 g/mol. The summed E-state index contributed by atoms with van der Waals surface area (Å²) in [5, 5.41) is 2.77. The smallest absolute Gasteiger partial charge is 0.223 e. The van der Waals surface area contributed by atoms with Crippen molar-refractivity contribution >= 4 is 11.7 Å². The van der Waals surface area contributed by atoms with Gasteiger partial charge in [-0.05, 0) is 12.1 Å². The highest BCUT2D eigenvalue weighted by Gasteiger charge is 2.05. The summed E-state index contributed by atoms with van der Waals surface area (Å²) in [4.78, 5) is 16.5. The van der Waals surface area contributed by atoms with Gasteiger partial charge < -0.3 is 10.2 Å². The molecule has 1 aromatic heterocycles. The zero-order valence-electron chi connectivity index (χ0n) is 8.83. The van der Waals surface area contributed by atoms with Crippen LogP contribution in [0, 0.1) is 5.82 Å². The second-order valence-electron chi connectivity index (χ2n) is 3.30. The van der Waals surface area contributed by atoms with E-state index in [9.17, 15) is 9.18 Å². The molecule has 1 amide bonds. The predicted molar refractivity (Wildman–Crippen MR) is 56.0 cm³/mol. The number of aromatic nitrogens is 1. The van der Waals surface area contributed by atoms with Crippen molar-refractivity contribution in [1.29, 1.82) is 0 Å². The van der Waals surface area contributed by atoms with Gasteiger partial charge in [0.15, 0.2) is 11.6 Å². The molecule has 0 aliphatic heterocycles. The Morgan fingerprint density at radius 2 is 2.33 bits per heavy atom. The van der Waals surface area contributed by atoms with Crippen LogP contribution in [0.2, 0.25) is 0 Å². The highest BCUT2D eigenvalue weighted by Crippen LogP contribution is 2.07. The molecule has 0 aliphatic rings. The molecule has 1 heterocycles. The first-order chi connectivity index (χ1) is 7.11. The molecule has 1 rings (SSSR count). The van der Waals surface area contributed by atoms with Crippen molar-refractivity contribution in [3.8, 4) is 0 Å². The van der Waals surface area contributed by atoms with Crippen LogP contribution in [0.5, 0.6) is 0 Å². The molecule has 0 fully saturated rings. The molecule has 15 heavy (non-hydrogen) atoms. The van der Waals surface area contributed by atoms with E-state index in [0.717, 1.165) is 0 Å². The molecule has 0 spiro atoms. The van der Waals surface area contributed by atoms with E-state index in [2.05, 4.69) is 10.3 Å². The minimum atomic E-state index is -0.408. The summed E-state index contributed by atoms with van der Waals surface area (Å²) in [5.41, 5.74) is 0. The van der Waals surface area contributed by atoms with Crippen LogP contribution in [0.4, 0.5) is 10.2 Å². The number of rotatable bonds is 4. The first kappa shape index (κ1) is 11.4. The Bertz CT molecular complexity index is 341. The predicted octanol–water partition coefficient (Wildman–Crippen LogP) is 1.11. The zero-order chi connectivity index (χ0) is 11.3. The Kier molecular flexibility index (Phi) is 4.03. The van der Waals surface area contributed by atoms with E-state index in [0.29, 0.717) is 13.0 Å². The van der Waals surface area contributed by atoms with Crippen LogP contribution in [0.25, 0.3) is 0 Å². The van der Waals surface area contributed by atoms with Crippen molar-refractivity contribution in [3.05, 3.63) is 24.1 Å². The molecule has 0 atom stereocenters. The lowest BCUT2D eigenvalue weighted by Crippen LogP contribution is -2.24. The third-order valence-corrected chi connectivity index (χ3v) is 1.89. The molecule has 4 nitrogen and oxygen atoms in total. The maximum absolute atomic E-state index is 13.1. The Balaban J connectivity index is 2.38. The fourth-order valence-corrected chi connectivity index (χ4v) is 1.03. The summed E-state index contributed by atoms with van der Waals surface area (Å²) in [6.45, 7) is 0.380. The van der Waals surface area contributed by atoms with Crippen LogP contribution in [0.15, 0.2) is 18.3 Å². The summed E-state index contributed by atoms with van der Waals surface area (Å²) in [6.07, 6.45) is 1.82. The molecule has 1 aromatic rings. The molecular formula is C10H14FN3O. The quantitative estimate of drug-likeness (QED) is 0.811. The van der Waals surface area contributed by atoms with Crippen LogP contribution in [-0.2, 0) is 4.79 Å². The minimum Gasteiger partial charge on any atom is -0.367 e. The molecule has 0 unspecified atom stereocenters. The first-order valence-corrected chi connectivity index (χ1v) is 4.66. The SMILES string of the molecule is CN(C)C(=O)CCNc1ncccc1F. The average Bonchev–Trinajstić information content (AvgIpc) is 2.20. The number of hydrogen-bond acceptors (Lipinski definition) is 3. The van der Waals surface area contributed by atoms with E-state index >= 15 is 0 Å².